The monoisotopic (exact) mass is 201 g/mol. The van der Waals surface area contributed by atoms with Gasteiger partial charge in [0.15, 0.2) is 0 Å². The van der Waals surface area contributed by atoms with Gasteiger partial charge >= 0.3 is 0 Å². The van der Waals surface area contributed by atoms with Crippen LogP contribution in [0.25, 0.3) is 0 Å². The molecule has 0 aromatic carbocycles. The maximum atomic E-state index is 5.90. The largest absolute Gasteiger partial charge is 0.371 e. The molecule has 2 nitrogen and oxygen atoms in total. The molecule has 0 aromatic rings. The van der Waals surface area contributed by atoms with E-state index in [4.69, 9.17) is 4.74 Å². The fraction of sp³-hybridized carbons (Fsp3) is 1.00. The molecule has 76 valence electrons. The summed E-state index contributed by atoms with van der Waals surface area (Å²) in [5.74, 6) is 2.58. The summed E-state index contributed by atoms with van der Waals surface area (Å²) >= 11 is 2.02. The van der Waals surface area contributed by atoms with Gasteiger partial charge in [-0.25, -0.2) is 0 Å². The third-order valence-electron chi connectivity index (χ3n) is 2.83. The molecule has 0 aromatic heterocycles. The molecular formula is C10H19NOS. The normalized spacial score (nSPS) is 33.2. The Balaban J connectivity index is 1.65. The molecule has 3 heteroatoms. The van der Waals surface area contributed by atoms with E-state index in [2.05, 4.69) is 19.2 Å². The molecule has 1 N–H and O–H groups in total. The van der Waals surface area contributed by atoms with E-state index in [0.717, 1.165) is 12.6 Å². The number of ether oxygens (including phenoxy) is 1. The van der Waals surface area contributed by atoms with Gasteiger partial charge in [-0.3, -0.25) is 0 Å². The molecule has 0 saturated carbocycles. The van der Waals surface area contributed by atoms with Crippen molar-refractivity contribution >= 4 is 11.8 Å². The lowest BCUT2D eigenvalue weighted by molar-refractivity contribution is -0.0148. The topological polar surface area (TPSA) is 21.3 Å². The van der Waals surface area contributed by atoms with Crippen LogP contribution < -0.4 is 5.32 Å². The number of thioether (sulfide) groups is 1. The number of nitrogens with one attached hydrogen (secondary N) is 1. The summed E-state index contributed by atoms with van der Waals surface area (Å²) in [5.41, 5.74) is 0.126. The van der Waals surface area contributed by atoms with Gasteiger partial charge in [-0.15, -0.1) is 0 Å². The van der Waals surface area contributed by atoms with Gasteiger partial charge in [-0.2, -0.15) is 11.8 Å². The minimum Gasteiger partial charge on any atom is -0.371 e. The van der Waals surface area contributed by atoms with Crippen molar-refractivity contribution in [2.24, 2.45) is 0 Å². The first kappa shape index (κ1) is 9.81. The van der Waals surface area contributed by atoms with Crippen LogP contribution in [0.4, 0.5) is 0 Å². The zero-order chi connectivity index (χ0) is 9.31. The van der Waals surface area contributed by atoms with Crippen LogP contribution in [0.1, 0.15) is 26.7 Å². The zero-order valence-electron chi connectivity index (χ0n) is 8.51. The van der Waals surface area contributed by atoms with Crippen LogP contribution >= 0.6 is 11.8 Å². The molecule has 0 bridgehead atoms. The summed E-state index contributed by atoms with van der Waals surface area (Å²) in [6, 6.07) is 0.761. The van der Waals surface area contributed by atoms with Crippen molar-refractivity contribution in [1.29, 1.82) is 0 Å². The number of hydrogen-bond donors (Lipinski definition) is 1. The fourth-order valence-electron chi connectivity index (χ4n) is 1.87. The van der Waals surface area contributed by atoms with Crippen LogP contribution in [0, 0.1) is 0 Å². The van der Waals surface area contributed by atoms with Crippen molar-refractivity contribution in [2.75, 3.05) is 18.1 Å². The molecule has 0 radical (unpaired) electrons. The first-order valence-electron chi connectivity index (χ1n) is 5.15. The van der Waals surface area contributed by atoms with Gasteiger partial charge in [-0.05, 0) is 26.7 Å². The molecular weight excluding hydrogens is 182 g/mol. The lowest BCUT2D eigenvalue weighted by atomic mass is 10.1. The Kier molecular flexibility index (Phi) is 2.86. The van der Waals surface area contributed by atoms with E-state index < -0.39 is 0 Å². The van der Waals surface area contributed by atoms with E-state index in [1.807, 2.05) is 11.8 Å². The number of hydrogen-bond acceptors (Lipinski definition) is 3. The SMILES string of the molecule is CC1(C)CCC(CNC2CSC2)O1. The van der Waals surface area contributed by atoms with Crippen LogP contribution in [-0.2, 0) is 4.74 Å². The first-order chi connectivity index (χ1) is 6.16. The van der Waals surface area contributed by atoms with E-state index in [1.165, 1.54) is 24.3 Å². The number of rotatable bonds is 3. The third-order valence-corrected chi connectivity index (χ3v) is 4.10. The molecule has 1 atom stereocenters. The molecule has 2 aliphatic heterocycles. The molecule has 2 rings (SSSR count). The summed E-state index contributed by atoms with van der Waals surface area (Å²) in [4.78, 5) is 0. The Morgan fingerprint density at radius 2 is 2.23 bits per heavy atom. The summed E-state index contributed by atoms with van der Waals surface area (Å²) in [6.07, 6.45) is 2.89. The molecule has 2 heterocycles. The third kappa shape index (κ3) is 2.61. The Morgan fingerprint density at radius 3 is 2.69 bits per heavy atom. The maximum absolute atomic E-state index is 5.90. The fourth-order valence-corrected chi connectivity index (χ4v) is 2.58. The predicted molar refractivity (Wildman–Crippen MR) is 57.3 cm³/mol. The molecule has 2 aliphatic rings. The average Bonchev–Trinajstić information content (AvgIpc) is 2.27. The summed E-state index contributed by atoms with van der Waals surface area (Å²) in [5, 5.41) is 3.55. The second-order valence-electron chi connectivity index (χ2n) is 4.68. The van der Waals surface area contributed by atoms with Gasteiger partial charge in [0.05, 0.1) is 11.7 Å². The average molecular weight is 201 g/mol. The van der Waals surface area contributed by atoms with Crippen molar-refractivity contribution in [3.63, 3.8) is 0 Å². The highest BCUT2D eigenvalue weighted by Crippen LogP contribution is 2.29. The van der Waals surface area contributed by atoms with Crippen LogP contribution in [0.3, 0.4) is 0 Å². The van der Waals surface area contributed by atoms with Gasteiger partial charge in [-0.1, -0.05) is 0 Å². The summed E-state index contributed by atoms with van der Waals surface area (Å²) in [6.45, 7) is 5.42. The Morgan fingerprint density at radius 1 is 1.46 bits per heavy atom. The minimum atomic E-state index is 0.126. The Labute approximate surface area is 84.8 Å². The smallest absolute Gasteiger partial charge is 0.0707 e. The molecule has 0 spiro atoms. The van der Waals surface area contributed by atoms with Crippen molar-refractivity contribution in [3.8, 4) is 0 Å². The second-order valence-corrected chi connectivity index (χ2v) is 5.76. The van der Waals surface area contributed by atoms with Crippen molar-refractivity contribution in [3.05, 3.63) is 0 Å². The highest BCUT2D eigenvalue weighted by molar-refractivity contribution is 8.00. The summed E-state index contributed by atoms with van der Waals surface area (Å²) in [7, 11) is 0. The molecule has 0 aliphatic carbocycles. The molecule has 0 amide bonds. The summed E-state index contributed by atoms with van der Waals surface area (Å²) < 4.78 is 5.90. The minimum absolute atomic E-state index is 0.126. The van der Waals surface area contributed by atoms with E-state index >= 15 is 0 Å². The van der Waals surface area contributed by atoms with E-state index in [0.29, 0.717) is 6.10 Å². The van der Waals surface area contributed by atoms with E-state index in [-0.39, 0.29) is 5.60 Å². The highest BCUT2D eigenvalue weighted by atomic mass is 32.2. The van der Waals surface area contributed by atoms with Gasteiger partial charge < -0.3 is 10.1 Å². The Hall–Kier alpha value is 0.270. The van der Waals surface area contributed by atoms with Crippen molar-refractivity contribution in [1.82, 2.24) is 5.32 Å². The zero-order valence-corrected chi connectivity index (χ0v) is 9.32. The lowest BCUT2D eigenvalue weighted by Gasteiger charge is -2.28. The maximum Gasteiger partial charge on any atom is 0.0707 e. The molecule has 2 saturated heterocycles. The molecule has 1 unspecified atom stereocenters. The first-order valence-corrected chi connectivity index (χ1v) is 6.30. The standard InChI is InChI=1S/C10H19NOS/c1-10(2)4-3-9(12-10)5-11-8-6-13-7-8/h8-9,11H,3-7H2,1-2H3. The van der Waals surface area contributed by atoms with Gasteiger partial charge in [0, 0.05) is 24.1 Å². The van der Waals surface area contributed by atoms with Gasteiger partial charge in [0.1, 0.15) is 0 Å². The van der Waals surface area contributed by atoms with Crippen molar-refractivity contribution in [2.45, 2.75) is 44.4 Å². The lowest BCUT2D eigenvalue weighted by Crippen LogP contribution is -2.44. The molecule has 13 heavy (non-hydrogen) atoms. The van der Waals surface area contributed by atoms with Crippen LogP contribution in [0.15, 0.2) is 0 Å². The predicted octanol–water partition coefficient (Wildman–Crippen LogP) is 1.65. The van der Waals surface area contributed by atoms with E-state index in [9.17, 15) is 0 Å². The van der Waals surface area contributed by atoms with Gasteiger partial charge in [0.25, 0.3) is 0 Å². The quantitative estimate of drug-likeness (QED) is 0.750. The van der Waals surface area contributed by atoms with E-state index in [1.54, 1.807) is 0 Å². The Bertz CT molecular complexity index is 180. The van der Waals surface area contributed by atoms with Crippen molar-refractivity contribution < 1.29 is 4.74 Å². The highest BCUT2D eigenvalue weighted by Gasteiger charge is 2.32. The molecule has 2 fully saturated rings. The van der Waals surface area contributed by atoms with Crippen LogP contribution in [0.5, 0.6) is 0 Å². The second kappa shape index (κ2) is 3.79. The van der Waals surface area contributed by atoms with Crippen LogP contribution in [0.2, 0.25) is 0 Å². The van der Waals surface area contributed by atoms with Gasteiger partial charge in [0.2, 0.25) is 0 Å². The van der Waals surface area contributed by atoms with Crippen LogP contribution in [-0.4, -0.2) is 35.8 Å².